The topological polar surface area (TPSA) is 46.5 Å². The third-order valence-corrected chi connectivity index (χ3v) is 5.54. The Labute approximate surface area is 116 Å². The zero-order valence-electron chi connectivity index (χ0n) is 12.7. The van der Waals surface area contributed by atoms with Crippen LogP contribution in [0.5, 0.6) is 0 Å². The Kier molecular flexibility index (Phi) is 3.54. The van der Waals surface area contributed by atoms with Crippen LogP contribution < -0.4 is 0 Å². The number of esters is 1. The Morgan fingerprint density at radius 1 is 1.32 bits per heavy atom. The highest BCUT2D eigenvalue weighted by Gasteiger charge is 2.54. The predicted molar refractivity (Wildman–Crippen MR) is 74.6 cm³/mol. The highest BCUT2D eigenvalue weighted by Crippen LogP contribution is 2.59. The lowest BCUT2D eigenvalue weighted by Gasteiger charge is -2.55. The van der Waals surface area contributed by atoms with Gasteiger partial charge in [-0.2, -0.15) is 0 Å². The fourth-order valence-electron chi connectivity index (χ4n) is 4.51. The summed E-state index contributed by atoms with van der Waals surface area (Å²) in [4.78, 5) is 12.2. The van der Waals surface area contributed by atoms with Crippen LogP contribution in [0.3, 0.4) is 0 Å². The van der Waals surface area contributed by atoms with Gasteiger partial charge in [-0.15, -0.1) is 0 Å². The van der Waals surface area contributed by atoms with E-state index in [-0.39, 0.29) is 16.8 Å². The molecule has 3 atom stereocenters. The molecule has 0 saturated heterocycles. The van der Waals surface area contributed by atoms with E-state index in [2.05, 4.69) is 20.8 Å². The molecular formula is C16H26O3. The third-order valence-electron chi connectivity index (χ3n) is 5.54. The van der Waals surface area contributed by atoms with Crippen molar-refractivity contribution in [1.82, 2.24) is 0 Å². The molecule has 0 amide bonds. The first kappa shape index (κ1) is 14.6. The van der Waals surface area contributed by atoms with Gasteiger partial charge in [-0.05, 0) is 43.1 Å². The lowest BCUT2D eigenvalue weighted by atomic mass is 9.50. The van der Waals surface area contributed by atoms with E-state index in [0.717, 1.165) is 36.8 Å². The summed E-state index contributed by atoms with van der Waals surface area (Å²) in [6.45, 7) is 8.58. The third kappa shape index (κ3) is 2.12. The van der Waals surface area contributed by atoms with Crippen LogP contribution >= 0.6 is 0 Å². The Hall–Kier alpha value is -0.830. The van der Waals surface area contributed by atoms with Crippen molar-refractivity contribution in [2.45, 2.75) is 59.5 Å². The van der Waals surface area contributed by atoms with E-state index >= 15 is 0 Å². The van der Waals surface area contributed by atoms with E-state index in [9.17, 15) is 9.90 Å². The Bertz CT molecular complexity index is 422. The van der Waals surface area contributed by atoms with Crippen LogP contribution in [0.25, 0.3) is 0 Å². The fourth-order valence-corrected chi connectivity index (χ4v) is 4.51. The highest BCUT2D eigenvalue weighted by atomic mass is 16.5. The first-order chi connectivity index (χ1) is 8.74. The fraction of sp³-hybridized carbons (Fsp3) is 0.812. The lowest BCUT2D eigenvalue weighted by molar-refractivity contribution is -0.140. The minimum absolute atomic E-state index is 0.155. The van der Waals surface area contributed by atoms with Crippen molar-refractivity contribution < 1.29 is 14.6 Å². The van der Waals surface area contributed by atoms with Gasteiger partial charge in [-0.3, -0.25) is 0 Å². The summed E-state index contributed by atoms with van der Waals surface area (Å²) in [5, 5.41) is 10.3. The van der Waals surface area contributed by atoms with Gasteiger partial charge in [0.15, 0.2) is 0 Å². The Morgan fingerprint density at radius 2 is 1.95 bits per heavy atom. The van der Waals surface area contributed by atoms with Crippen LogP contribution in [0.1, 0.15) is 53.4 Å². The zero-order chi connectivity index (χ0) is 14.4. The number of aliphatic hydroxyl groups excluding tert-OH is 1. The number of carbonyl (C=O) groups excluding carboxylic acids is 1. The van der Waals surface area contributed by atoms with Crippen LogP contribution in [0.2, 0.25) is 0 Å². The molecule has 2 rings (SSSR count). The number of hydrogen-bond donors (Lipinski definition) is 1. The van der Waals surface area contributed by atoms with Crippen LogP contribution in [0.15, 0.2) is 11.1 Å². The quantitative estimate of drug-likeness (QED) is 0.742. The highest BCUT2D eigenvalue weighted by molar-refractivity contribution is 5.91. The summed E-state index contributed by atoms with van der Waals surface area (Å²) >= 11 is 0. The monoisotopic (exact) mass is 266 g/mol. The zero-order valence-corrected chi connectivity index (χ0v) is 12.7. The molecule has 0 spiro atoms. The van der Waals surface area contributed by atoms with Gasteiger partial charge in [0.1, 0.15) is 0 Å². The molecule has 1 fully saturated rings. The van der Waals surface area contributed by atoms with Crippen LogP contribution in [0.4, 0.5) is 0 Å². The average molecular weight is 266 g/mol. The van der Waals surface area contributed by atoms with Gasteiger partial charge in [0, 0.05) is 11.0 Å². The van der Waals surface area contributed by atoms with Crippen molar-refractivity contribution in [2.75, 3.05) is 7.11 Å². The van der Waals surface area contributed by atoms with Crippen molar-refractivity contribution in [3.05, 3.63) is 11.1 Å². The summed E-state index contributed by atoms with van der Waals surface area (Å²) in [5.41, 5.74) is 1.54. The molecule has 3 heteroatoms. The molecule has 1 saturated carbocycles. The molecule has 0 aromatic heterocycles. The smallest absolute Gasteiger partial charge is 0.334 e. The van der Waals surface area contributed by atoms with E-state index in [1.54, 1.807) is 0 Å². The average Bonchev–Trinajstić information content (AvgIpc) is 2.32. The summed E-state index contributed by atoms with van der Waals surface area (Å²) in [5.74, 6) is 0.0722. The minimum Gasteiger partial charge on any atom is -0.466 e. The molecule has 19 heavy (non-hydrogen) atoms. The van der Waals surface area contributed by atoms with Crippen LogP contribution in [0, 0.1) is 16.7 Å². The Morgan fingerprint density at radius 3 is 2.53 bits per heavy atom. The van der Waals surface area contributed by atoms with E-state index in [0.29, 0.717) is 5.92 Å². The van der Waals surface area contributed by atoms with Gasteiger partial charge in [0.25, 0.3) is 0 Å². The number of carbonyl (C=O) groups is 1. The van der Waals surface area contributed by atoms with E-state index < -0.39 is 6.10 Å². The molecule has 0 radical (unpaired) electrons. The summed E-state index contributed by atoms with van der Waals surface area (Å²) in [6, 6.07) is 0. The number of hydrogen-bond acceptors (Lipinski definition) is 3. The summed E-state index contributed by atoms with van der Waals surface area (Å²) in [6.07, 6.45) is 3.55. The van der Waals surface area contributed by atoms with Crippen molar-refractivity contribution in [1.29, 1.82) is 0 Å². The first-order valence-corrected chi connectivity index (χ1v) is 7.21. The maximum Gasteiger partial charge on any atom is 0.334 e. The van der Waals surface area contributed by atoms with Crippen molar-refractivity contribution in [3.8, 4) is 0 Å². The van der Waals surface area contributed by atoms with E-state index in [1.165, 1.54) is 7.11 Å². The molecule has 2 aliphatic rings. The molecule has 0 heterocycles. The standard InChI is InChI=1S/C16H26O3/c1-10-11(17)9-12-15(2,3)7-6-8-16(12,4)13(10)14(18)19-5/h11-12,17H,6-9H2,1-5H3. The lowest BCUT2D eigenvalue weighted by Crippen LogP contribution is -2.50. The van der Waals surface area contributed by atoms with Gasteiger partial charge in [-0.25, -0.2) is 4.79 Å². The molecule has 108 valence electrons. The number of fused-ring (bicyclic) bond motifs is 1. The second-order valence-corrected chi connectivity index (χ2v) is 7.11. The molecule has 3 nitrogen and oxygen atoms in total. The second kappa shape index (κ2) is 4.62. The van der Waals surface area contributed by atoms with Gasteiger partial charge in [0.05, 0.1) is 13.2 Å². The number of aliphatic hydroxyl groups is 1. The van der Waals surface area contributed by atoms with Gasteiger partial charge < -0.3 is 9.84 Å². The molecule has 2 aliphatic carbocycles. The first-order valence-electron chi connectivity index (χ1n) is 7.21. The Balaban J connectivity index is 2.55. The second-order valence-electron chi connectivity index (χ2n) is 7.11. The van der Waals surface area contributed by atoms with Crippen LogP contribution in [-0.4, -0.2) is 24.3 Å². The van der Waals surface area contributed by atoms with Gasteiger partial charge in [0.2, 0.25) is 0 Å². The van der Waals surface area contributed by atoms with Crippen molar-refractivity contribution >= 4 is 5.97 Å². The summed E-state index contributed by atoms with van der Waals surface area (Å²) in [7, 11) is 1.43. The normalized spacial score (nSPS) is 37.8. The van der Waals surface area contributed by atoms with Crippen molar-refractivity contribution in [3.63, 3.8) is 0 Å². The molecule has 3 unspecified atom stereocenters. The van der Waals surface area contributed by atoms with Gasteiger partial charge >= 0.3 is 5.97 Å². The molecule has 0 aromatic rings. The van der Waals surface area contributed by atoms with E-state index in [1.807, 2.05) is 6.92 Å². The maximum absolute atomic E-state index is 12.2. The molecule has 0 aliphatic heterocycles. The van der Waals surface area contributed by atoms with Crippen LogP contribution in [-0.2, 0) is 9.53 Å². The number of ether oxygens (including phenoxy) is 1. The van der Waals surface area contributed by atoms with Gasteiger partial charge in [-0.1, -0.05) is 27.2 Å². The minimum atomic E-state index is -0.510. The SMILES string of the molecule is COC(=O)C1=C(C)C(O)CC2C(C)(C)CCCC12C. The summed E-state index contributed by atoms with van der Waals surface area (Å²) < 4.78 is 4.98. The predicted octanol–water partition coefficient (Wildman–Crippen LogP) is 3.07. The maximum atomic E-state index is 12.2. The molecule has 0 aromatic carbocycles. The molecular weight excluding hydrogens is 240 g/mol. The number of methoxy groups -OCH3 is 1. The van der Waals surface area contributed by atoms with E-state index in [4.69, 9.17) is 4.74 Å². The van der Waals surface area contributed by atoms with Crippen molar-refractivity contribution in [2.24, 2.45) is 16.7 Å². The molecule has 0 bridgehead atoms. The largest absolute Gasteiger partial charge is 0.466 e. The number of rotatable bonds is 1. The molecule has 1 N–H and O–H groups in total.